The largest absolute Gasteiger partial charge is 0.329 e. The number of nitrogens with zero attached hydrogens (tertiary/aromatic N) is 4. The number of imidazole rings is 1. The highest BCUT2D eigenvalue weighted by Crippen LogP contribution is 2.12. The van der Waals surface area contributed by atoms with E-state index in [4.69, 9.17) is 5.26 Å². The number of carbonyl (C=O) groups excluding carboxylic acids is 1. The zero-order valence-electron chi connectivity index (χ0n) is 10.2. The molecule has 2 aromatic rings. The van der Waals surface area contributed by atoms with Gasteiger partial charge in [0, 0.05) is 25.0 Å². The van der Waals surface area contributed by atoms with Crippen LogP contribution >= 0.6 is 0 Å². The second-order valence-electron chi connectivity index (χ2n) is 4.03. The molecular weight excluding hydrogens is 247 g/mol. The molecule has 0 radical (unpaired) electrons. The van der Waals surface area contributed by atoms with Crippen LogP contribution in [0.15, 0.2) is 36.9 Å². The van der Waals surface area contributed by atoms with Crippen molar-refractivity contribution in [2.45, 2.75) is 6.54 Å². The molecule has 1 heterocycles. The van der Waals surface area contributed by atoms with Gasteiger partial charge in [-0.25, -0.2) is 14.2 Å². The van der Waals surface area contributed by atoms with Crippen LogP contribution in [0.4, 0.5) is 9.18 Å². The molecule has 1 aromatic carbocycles. The first-order chi connectivity index (χ1) is 9.11. The minimum atomic E-state index is -0.440. The highest BCUT2D eigenvalue weighted by molar-refractivity contribution is 5.76. The predicted molar refractivity (Wildman–Crippen MR) is 65.6 cm³/mol. The Morgan fingerprint density at radius 2 is 2.37 bits per heavy atom. The minimum Gasteiger partial charge on any atom is -0.323 e. The minimum absolute atomic E-state index is 0.0817. The van der Waals surface area contributed by atoms with E-state index in [1.54, 1.807) is 7.05 Å². The van der Waals surface area contributed by atoms with Gasteiger partial charge < -0.3 is 4.90 Å². The molecule has 19 heavy (non-hydrogen) atoms. The van der Waals surface area contributed by atoms with Crippen molar-refractivity contribution in [3.8, 4) is 6.07 Å². The number of nitriles is 1. The fourth-order valence-electron chi connectivity index (χ4n) is 1.66. The molecule has 1 aromatic heterocycles. The summed E-state index contributed by atoms with van der Waals surface area (Å²) in [5, 5.41) is 8.78. The Labute approximate surface area is 109 Å². The molecule has 0 fully saturated rings. The van der Waals surface area contributed by atoms with E-state index in [-0.39, 0.29) is 12.6 Å². The molecule has 0 atom stereocenters. The van der Waals surface area contributed by atoms with Gasteiger partial charge in [0.1, 0.15) is 12.1 Å². The topological polar surface area (TPSA) is 61.9 Å². The van der Waals surface area contributed by atoms with E-state index in [1.807, 2.05) is 6.07 Å². The van der Waals surface area contributed by atoms with E-state index in [9.17, 15) is 9.18 Å². The predicted octanol–water partition coefficient (Wildman–Crippen LogP) is 1.99. The van der Waals surface area contributed by atoms with Crippen molar-refractivity contribution >= 4 is 6.03 Å². The molecule has 0 N–H and O–H groups in total. The normalized spacial score (nSPS) is 9.95. The average molecular weight is 258 g/mol. The average Bonchev–Trinajstić information content (AvgIpc) is 2.94. The lowest BCUT2D eigenvalue weighted by atomic mass is 10.1. The van der Waals surface area contributed by atoms with Crippen LogP contribution in [0.3, 0.4) is 0 Å². The summed E-state index contributed by atoms with van der Waals surface area (Å²) in [5.74, 6) is -0.440. The van der Waals surface area contributed by atoms with Crippen molar-refractivity contribution in [1.82, 2.24) is 14.5 Å². The molecule has 2 rings (SSSR count). The standard InChI is InChI=1S/C13H11FN4O/c1-17(13(19)18-5-4-16-9-18)8-11-6-10(7-15)2-3-12(11)14/h2-6,9H,8H2,1H3. The lowest BCUT2D eigenvalue weighted by Crippen LogP contribution is -2.30. The summed E-state index contributed by atoms with van der Waals surface area (Å²) in [6, 6.07) is 5.68. The lowest BCUT2D eigenvalue weighted by molar-refractivity contribution is 0.208. The first kappa shape index (κ1) is 12.8. The van der Waals surface area contributed by atoms with Gasteiger partial charge in [0.15, 0.2) is 0 Å². The van der Waals surface area contributed by atoms with Crippen LogP contribution in [0.25, 0.3) is 0 Å². The number of rotatable bonds is 2. The molecule has 0 saturated heterocycles. The zero-order valence-corrected chi connectivity index (χ0v) is 10.2. The Balaban J connectivity index is 2.17. The van der Waals surface area contributed by atoms with Gasteiger partial charge in [-0.1, -0.05) is 0 Å². The maximum atomic E-state index is 13.6. The highest BCUT2D eigenvalue weighted by atomic mass is 19.1. The summed E-state index contributed by atoms with van der Waals surface area (Å²) >= 11 is 0. The fraction of sp³-hybridized carbons (Fsp3) is 0.154. The molecular formula is C13H11FN4O. The molecule has 6 heteroatoms. The van der Waals surface area contributed by atoms with Crippen LogP contribution in [0, 0.1) is 17.1 Å². The maximum absolute atomic E-state index is 13.6. The summed E-state index contributed by atoms with van der Waals surface area (Å²) in [4.78, 5) is 17.1. The highest BCUT2D eigenvalue weighted by Gasteiger charge is 2.13. The van der Waals surface area contributed by atoms with Crippen LogP contribution in [-0.4, -0.2) is 27.5 Å². The van der Waals surface area contributed by atoms with Crippen molar-refractivity contribution in [1.29, 1.82) is 5.26 Å². The Kier molecular flexibility index (Phi) is 3.57. The number of halogens is 1. The van der Waals surface area contributed by atoms with E-state index < -0.39 is 5.82 Å². The van der Waals surface area contributed by atoms with Crippen LogP contribution in [0.2, 0.25) is 0 Å². The van der Waals surface area contributed by atoms with Crippen LogP contribution < -0.4 is 0 Å². The van der Waals surface area contributed by atoms with Crippen molar-refractivity contribution < 1.29 is 9.18 Å². The van der Waals surface area contributed by atoms with Gasteiger partial charge in [-0.2, -0.15) is 5.26 Å². The van der Waals surface area contributed by atoms with Gasteiger partial charge in [-0.05, 0) is 18.2 Å². The van der Waals surface area contributed by atoms with Gasteiger partial charge in [-0.15, -0.1) is 0 Å². The molecule has 96 valence electrons. The Bertz CT molecular complexity index is 631. The van der Waals surface area contributed by atoms with Gasteiger partial charge in [0.2, 0.25) is 0 Å². The van der Waals surface area contributed by atoms with Crippen molar-refractivity contribution in [3.63, 3.8) is 0 Å². The third-order valence-corrected chi connectivity index (χ3v) is 2.63. The Morgan fingerprint density at radius 3 is 3.00 bits per heavy atom. The third-order valence-electron chi connectivity index (χ3n) is 2.63. The fourth-order valence-corrected chi connectivity index (χ4v) is 1.66. The zero-order chi connectivity index (χ0) is 13.8. The van der Waals surface area contributed by atoms with Crippen LogP contribution in [0.1, 0.15) is 11.1 Å². The second kappa shape index (κ2) is 5.31. The number of benzene rings is 1. The number of amides is 1. The molecule has 0 unspecified atom stereocenters. The molecule has 0 aliphatic heterocycles. The first-order valence-corrected chi connectivity index (χ1v) is 5.54. The monoisotopic (exact) mass is 258 g/mol. The van der Waals surface area contributed by atoms with Gasteiger partial charge in [-0.3, -0.25) is 4.57 Å². The molecule has 0 aliphatic rings. The first-order valence-electron chi connectivity index (χ1n) is 5.54. The summed E-state index contributed by atoms with van der Waals surface area (Å²) in [7, 11) is 1.56. The van der Waals surface area contributed by atoms with E-state index in [2.05, 4.69) is 4.98 Å². The van der Waals surface area contributed by atoms with Crippen LogP contribution in [0.5, 0.6) is 0 Å². The molecule has 1 amide bonds. The number of hydrogen-bond acceptors (Lipinski definition) is 3. The quantitative estimate of drug-likeness (QED) is 0.827. The van der Waals surface area contributed by atoms with Gasteiger partial charge in [0.05, 0.1) is 18.2 Å². The number of carbonyl (C=O) groups is 1. The molecule has 0 spiro atoms. The Hall–Kier alpha value is -2.68. The second-order valence-corrected chi connectivity index (χ2v) is 4.03. The molecule has 5 nitrogen and oxygen atoms in total. The summed E-state index contributed by atoms with van der Waals surface area (Å²) in [5.41, 5.74) is 0.662. The van der Waals surface area contributed by atoms with E-state index in [0.717, 1.165) is 0 Å². The number of hydrogen-bond donors (Lipinski definition) is 0. The van der Waals surface area contributed by atoms with Crippen molar-refractivity contribution in [2.24, 2.45) is 0 Å². The van der Waals surface area contributed by atoms with E-state index in [0.29, 0.717) is 11.1 Å². The van der Waals surface area contributed by atoms with Gasteiger partial charge >= 0.3 is 6.03 Å². The molecule has 0 bridgehead atoms. The third kappa shape index (κ3) is 2.77. The van der Waals surface area contributed by atoms with Crippen molar-refractivity contribution in [3.05, 3.63) is 53.9 Å². The summed E-state index contributed by atoms with van der Waals surface area (Å²) in [6.45, 7) is 0.0817. The van der Waals surface area contributed by atoms with Gasteiger partial charge in [0.25, 0.3) is 0 Å². The van der Waals surface area contributed by atoms with E-state index in [1.165, 1.54) is 46.4 Å². The van der Waals surface area contributed by atoms with Crippen LogP contribution in [-0.2, 0) is 6.54 Å². The summed E-state index contributed by atoms with van der Waals surface area (Å²) < 4.78 is 14.9. The lowest BCUT2D eigenvalue weighted by Gasteiger charge is -2.17. The smallest absolute Gasteiger partial charge is 0.323 e. The SMILES string of the molecule is CN(Cc1cc(C#N)ccc1F)C(=O)n1ccnc1. The Morgan fingerprint density at radius 1 is 1.58 bits per heavy atom. The summed E-state index contributed by atoms with van der Waals surface area (Å²) in [6.07, 6.45) is 4.38. The van der Waals surface area contributed by atoms with Crippen molar-refractivity contribution in [2.75, 3.05) is 7.05 Å². The maximum Gasteiger partial charge on any atom is 0.329 e. The molecule has 0 aliphatic carbocycles. The molecule has 0 saturated carbocycles. The number of aromatic nitrogens is 2. The van der Waals surface area contributed by atoms with E-state index >= 15 is 0 Å².